The Bertz CT molecular complexity index is 1470. The molecule has 3 heterocycles. The fourth-order valence-corrected chi connectivity index (χ4v) is 6.83. The van der Waals surface area contributed by atoms with Crippen LogP contribution in [0.15, 0.2) is 24.4 Å². The molecule has 39 heavy (non-hydrogen) atoms. The SMILES string of the molecule is CCc1cccc(CC)c1NC(=O)c1nn(C)c2c1CCc1cnc(NC3CCN(S(=O)(=O)CCl)CC3)nc1-2. The zero-order chi connectivity index (χ0) is 27.7. The molecular formula is C27H34ClN7O3S. The Morgan fingerprint density at radius 3 is 2.46 bits per heavy atom. The van der Waals surface area contributed by atoms with Crippen molar-refractivity contribution in [2.45, 2.75) is 58.4 Å². The highest BCUT2D eigenvalue weighted by atomic mass is 35.5. The summed E-state index contributed by atoms with van der Waals surface area (Å²) in [5.41, 5.74) is 7.01. The summed E-state index contributed by atoms with van der Waals surface area (Å²) in [6.45, 7) is 4.98. The molecule has 0 spiro atoms. The molecule has 2 aliphatic rings. The number of hydrogen-bond donors (Lipinski definition) is 2. The summed E-state index contributed by atoms with van der Waals surface area (Å²) in [5, 5.41) is 10.8. The molecule has 12 heteroatoms. The Morgan fingerprint density at radius 2 is 1.82 bits per heavy atom. The number of carbonyl (C=O) groups excluding carboxylic acids is 1. The lowest BCUT2D eigenvalue weighted by molar-refractivity contribution is 0.102. The van der Waals surface area contributed by atoms with Gasteiger partial charge in [0.1, 0.15) is 5.21 Å². The molecule has 0 unspecified atom stereocenters. The number of hydrogen-bond acceptors (Lipinski definition) is 7. The molecular weight excluding hydrogens is 538 g/mol. The van der Waals surface area contributed by atoms with Gasteiger partial charge in [0.05, 0.1) is 11.4 Å². The van der Waals surface area contributed by atoms with Crippen LogP contribution in [0, 0.1) is 0 Å². The van der Waals surface area contributed by atoms with E-state index in [0.717, 1.165) is 58.6 Å². The van der Waals surface area contributed by atoms with E-state index < -0.39 is 15.2 Å². The van der Waals surface area contributed by atoms with Crippen molar-refractivity contribution >= 4 is 39.2 Å². The lowest BCUT2D eigenvalue weighted by atomic mass is 9.93. The zero-order valence-electron chi connectivity index (χ0n) is 22.5. The van der Waals surface area contributed by atoms with Gasteiger partial charge in [0.15, 0.2) is 5.69 Å². The number of amides is 1. The number of para-hydroxylation sites is 1. The van der Waals surface area contributed by atoms with Crippen LogP contribution in [0.5, 0.6) is 0 Å². The number of aryl methyl sites for hydroxylation is 4. The third-order valence-corrected chi connectivity index (χ3v) is 9.90. The van der Waals surface area contributed by atoms with Crippen molar-refractivity contribution in [2.24, 2.45) is 7.05 Å². The van der Waals surface area contributed by atoms with Crippen molar-refractivity contribution in [3.05, 3.63) is 52.3 Å². The van der Waals surface area contributed by atoms with E-state index in [1.165, 1.54) is 4.31 Å². The van der Waals surface area contributed by atoms with Crippen molar-refractivity contribution in [1.29, 1.82) is 0 Å². The summed E-state index contributed by atoms with van der Waals surface area (Å²) in [6.07, 6.45) is 6.15. The topological polar surface area (TPSA) is 122 Å². The molecule has 0 bridgehead atoms. The van der Waals surface area contributed by atoms with E-state index in [1.54, 1.807) is 4.68 Å². The van der Waals surface area contributed by atoms with Gasteiger partial charge in [-0.1, -0.05) is 32.0 Å². The van der Waals surface area contributed by atoms with Crippen molar-refractivity contribution < 1.29 is 13.2 Å². The molecule has 2 aromatic heterocycles. The predicted molar refractivity (Wildman–Crippen MR) is 153 cm³/mol. The van der Waals surface area contributed by atoms with Crippen LogP contribution >= 0.6 is 11.6 Å². The van der Waals surface area contributed by atoms with Gasteiger partial charge in [0, 0.05) is 43.6 Å². The van der Waals surface area contributed by atoms with Crippen LogP contribution in [-0.2, 0) is 42.8 Å². The predicted octanol–water partition coefficient (Wildman–Crippen LogP) is 3.76. The van der Waals surface area contributed by atoms with Gasteiger partial charge in [0.25, 0.3) is 5.91 Å². The number of rotatable bonds is 8. The first-order valence-electron chi connectivity index (χ1n) is 13.4. The first kappa shape index (κ1) is 27.5. The van der Waals surface area contributed by atoms with E-state index in [2.05, 4.69) is 34.6 Å². The number of anilines is 2. The summed E-state index contributed by atoms with van der Waals surface area (Å²) >= 11 is 5.61. The summed E-state index contributed by atoms with van der Waals surface area (Å²) in [7, 11) is -1.57. The molecule has 1 aliphatic carbocycles. The second-order valence-corrected chi connectivity index (χ2v) is 12.6. The molecule has 1 saturated heterocycles. The lowest BCUT2D eigenvalue weighted by Crippen LogP contribution is -2.42. The second kappa shape index (κ2) is 11.2. The summed E-state index contributed by atoms with van der Waals surface area (Å²) in [5.74, 6) is 0.272. The molecule has 1 aliphatic heterocycles. The highest BCUT2D eigenvalue weighted by Gasteiger charge is 2.31. The highest BCUT2D eigenvalue weighted by Crippen LogP contribution is 2.35. The first-order valence-corrected chi connectivity index (χ1v) is 15.5. The fraction of sp³-hybridized carbons (Fsp3) is 0.481. The average Bonchev–Trinajstić information content (AvgIpc) is 3.30. The van der Waals surface area contributed by atoms with E-state index in [9.17, 15) is 13.2 Å². The summed E-state index contributed by atoms with van der Waals surface area (Å²) in [6, 6.07) is 6.17. The lowest BCUT2D eigenvalue weighted by Gasteiger charge is -2.31. The average molecular weight is 572 g/mol. The number of benzene rings is 1. The Kier molecular flexibility index (Phi) is 7.93. The minimum atomic E-state index is -3.40. The standard InChI is InChI=1S/C27H34ClN7O3S/c1-4-17-7-6-8-18(5-2)22(17)31-26(36)24-21-10-9-19-15-29-27(32-23(19)25(21)34(3)33-24)30-20-11-13-35(14-12-20)39(37,38)16-28/h6-8,15,20H,4-5,9-14,16H2,1-3H3,(H,31,36)(H,29,30,32). The van der Waals surface area contributed by atoms with Crippen LogP contribution in [-0.4, -0.2) is 62.7 Å². The summed E-state index contributed by atoms with van der Waals surface area (Å²) < 4.78 is 27.3. The van der Waals surface area contributed by atoms with Gasteiger partial charge >= 0.3 is 0 Å². The molecule has 1 amide bonds. The smallest absolute Gasteiger partial charge is 0.276 e. The first-order chi connectivity index (χ1) is 18.7. The molecule has 2 N–H and O–H groups in total. The van der Waals surface area contributed by atoms with Crippen molar-refractivity contribution in [1.82, 2.24) is 24.1 Å². The fourth-order valence-electron chi connectivity index (χ4n) is 5.51. The van der Waals surface area contributed by atoms with E-state index in [-0.39, 0.29) is 11.9 Å². The molecule has 3 aromatic rings. The van der Waals surface area contributed by atoms with Crippen LogP contribution in [0.25, 0.3) is 11.4 Å². The molecule has 0 radical (unpaired) electrons. The Labute approximate surface area is 234 Å². The minimum absolute atomic E-state index is 0.0483. The maximum Gasteiger partial charge on any atom is 0.276 e. The van der Waals surface area contributed by atoms with Crippen LogP contribution in [0.1, 0.15) is 59.4 Å². The number of piperidine rings is 1. The van der Waals surface area contributed by atoms with E-state index in [4.69, 9.17) is 16.6 Å². The van der Waals surface area contributed by atoms with Gasteiger partial charge in [-0.3, -0.25) is 9.48 Å². The van der Waals surface area contributed by atoms with Gasteiger partial charge in [-0.15, -0.1) is 11.6 Å². The van der Waals surface area contributed by atoms with Gasteiger partial charge in [-0.05, 0) is 55.2 Å². The summed E-state index contributed by atoms with van der Waals surface area (Å²) in [4.78, 5) is 22.9. The molecule has 208 valence electrons. The van der Waals surface area contributed by atoms with Crippen LogP contribution in [0.2, 0.25) is 0 Å². The minimum Gasteiger partial charge on any atom is -0.351 e. The molecule has 5 rings (SSSR count). The van der Waals surface area contributed by atoms with Gasteiger partial charge in [0.2, 0.25) is 16.0 Å². The van der Waals surface area contributed by atoms with Crippen LogP contribution < -0.4 is 10.6 Å². The van der Waals surface area contributed by atoms with Crippen molar-refractivity contribution in [3.63, 3.8) is 0 Å². The Hall–Kier alpha value is -3.02. The number of nitrogens with one attached hydrogen (secondary N) is 2. The maximum atomic E-state index is 13.5. The normalized spacial score (nSPS) is 16.0. The molecule has 1 aromatic carbocycles. The van der Waals surface area contributed by atoms with Gasteiger partial charge in [-0.25, -0.2) is 22.7 Å². The molecule has 0 atom stereocenters. The van der Waals surface area contributed by atoms with Crippen molar-refractivity contribution in [3.8, 4) is 11.4 Å². The van der Waals surface area contributed by atoms with E-state index in [1.807, 2.05) is 31.4 Å². The number of carbonyl (C=O) groups is 1. The number of halogens is 1. The monoisotopic (exact) mass is 571 g/mol. The van der Waals surface area contributed by atoms with Crippen molar-refractivity contribution in [2.75, 3.05) is 28.9 Å². The second-order valence-electron chi connectivity index (χ2n) is 10.0. The molecule has 0 saturated carbocycles. The number of alkyl halides is 1. The Balaban J connectivity index is 1.37. The maximum absolute atomic E-state index is 13.5. The largest absolute Gasteiger partial charge is 0.351 e. The molecule has 1 fully saturated rings. The van der Waals surface area contributed by atoms with E-state index in [0.29, 0.717) is 44.0 Å². The van der Waals surface area contributed by atoms with Gasteiger partial charge < -0.3 is 10.6 Å². The quantitative estimate of drug-likeness (QED) is 0.395. The zero-order valence-corrected chi connectivity index (χ0v) is 24.1. The van der Waals surface area contributed by atoms with E-state index >= 15 is 0 Å². The number of nitrogens with zero attached hydrogens (tertiary/aromatic N) is 5. The number of fused-ring (bicyclic) bond motifs is 3. The third-order valence-electron chi connectivity index (χ3n) is 7.65. The Morgan fingerprint density at radius 1 is 1.13 bits per heavy atom. The van der Waals surface area contributed by atoms with Crippen LogP contribution in [0.4, 0.5) is 11.6 Å². The third kappa shape index (κ3) is 5.39. The number of sulfonamides is 1. The molecule has 10 nitrogen and oxygen atoms in total. The highest BCUT2D eigenvalue weighted by molar-refractivity contribution is 7.90. The number of aromatic nitrogens is 4. The van der Waals surface area contributed by atoms with Gasteiger partial charge in [-0.2, -0.15) is 5.10 Å². The van der Waals surface area contributed by atoms with Crippen LogP contribution in [0.3, 0.4) is 0 Å².